The van der Waals surface area contributed by atoms with Crippen molar-refractivity contribution in [3.63, 3.8) is 0 Å². The predicted molar refractivity (Wildman–Crippen MR) is 128 cm³/mol. The molecule has 8 heteroatoms. The van der Waals surface area contributed by atoms with Gasteiger partial charge >= 0.3 is 0 Å². The van der Waals surface area contributed by atoms with Crippen LogP contribution in [0.4, 0.5) is 0 Å². The van der Waals surface area contributed by atoms with Crippen LogP contribution in [0.15, 0.2) is 47.4 Å². The Morgan fingerprint density at radius 2 is 1.73 bits per heavy atom. The molecule has 0 spiro atoms. The summed E-state index contributed by atoms with van der Waals surface area (Å²) >= 11 is 0. The second-order valence-corrected chi connectivity index (χ2v) is 10.2. The lowest BCUT2D eigenvalue weighted by atomic mass is 10.0. The molecule has 1 aliphatic rings. The maximum atomic E-state index is 13.1. The van der Waals surface area contributed by atoms with E-state index in [0.29, 0.717) is 30.8 Å². The second kappa shape index (κ2) is 11.5. The molecule has 1 N–H and O–H groups in total. The molecule has 1 amide bonds. The molecule has 1 fully saturated rings. The van der Waals surface area contributed by atoms with Crippen LogP contribution in [0, 0.1) is 0 Å². The molecule has 0 aliphatic carbocycles. The summed E-state index contributed by atoms with van der Waals surface area (Å²) in [6.07, 6.45) is 4.20. The topological polar surface area (TPSA) is 84.9 Å². The van der Waals surface area contributed by atoms with Crippen molar-refractivity contribution in [3.8, 4) is 11.5 Å². The van der Waals surface area contributed by atoms with Crippen LogP contribution in [0.25, 0.3) is 0 Å². The van der Waals surface area contributed by atoms with Crippen LogP contribution in [0.1, 0.15) is 56.2 Å². The largest absolute Gasteiger partial charge is 0.497 e. The van der Waals surface area contributed by atoms with Gasteiger partial charge in [0.1, 0.15) is 11.5 Å². The van der Waals surface area contributed by atoms with Gasteiger partial charge in [-0.1, -0.05) is 25.5 Å². The Morgan fingerprint density at radius 1 is 1.03 bits per heavy atom. The van der Waals surface area contributed by atoms with Gasteiger partial charge in [-0.25, -0.2) is 8.42 Å². The summed E-state index contributed by atoms with van der Waals surface area (Å²) in [6, 6.07) is 12.5. The highest BCUT2D eigenvalue weighted by molar-refractivity contribution is 7.89. The third-order valence-corrected chi connectivity index (χ3v) is 7.98. The lowest BCUT2D eigenvalue weighted by Crippen LogP contribution is -2.35. The molecule has 1 atom stereocenters. The van der Waals surface area contributed by atoms with Crippen LogP contribution in [-0.2, 0) is 21.2 Å². The van der Waals surface area contributed by atoms with Gasteiger partial charge in [0.2, 0.25) is 15.9 Å². The number of carbonyl (C=O) groups is 1. The zero-order chi connectivity index (χ0) is 23.8. The van der Waals surface area contributed by atoms with E-state index in [9.17, 15) is 13.2 Å². The van der Waals surface area contributed by atoms with Crippen molar-refractivity contribution in [1.82, 2.24) is 9.62 Å². The van der Waals surface area contributed by atoms with Crippen LogP contribution >= 0.6 is 0 Å². The Balaban J connectivity index is 1.68. The molecule has 33 heavy (non-hydrogen) atoms. The maximum Gasteiger partial charge on any atom is 0.243 e. The number of nitrogens with zero attached hydrogens (tertiary/aromatic N) is 1. The summed E-state index contributed by atoms with van der Waals surface area (Å²) in [5.74, 6) is 1.26. The lowest BCUT2D eigenvalue weighted by Gasteiger charge is -2.26. The number of benzene rings is 2. The summed E-state index contributed by atoms with van der Waals surface area (Å²) in [6.45, 7) is 3.12. The van der Waals surface area contributed by atoms with E-state index in [0.717, 1.165) is 37.0 Å². The van der Waals surface area contributed by atoms with Gasteiger partial charge in [-0.2, -0.15) is 4.31 Å². The molecule has 1 heterocycles. The normalized spacial score (nSPS) is 15.6. The first-order valence-electron chi connectivity index (χ1n) is 11.5. The van der Waals surface area contributed by atoms with Crippen LogP contribution < -0.4 is 14.8 Å². The fourth-order valence-electron chi connectivity index (χ4n) is 4.14. The molecule has 0 radical (unpaired) electrons. The molecule has 0 saturated carbocycles. The molecular formula is C25H34N2O5S. The monoisotopic (exact) mass is 474 g/mol. The van der Waals surface area contributed by atoms with Crippen molar-refractivity contribution in [2.75, 3.05) is 27.3 Å². The summed E-state index contributed by atoms with van der Waals surface area (Å²) in [4.78, 5) is 13.0. The van der Waals surface area contributed by atoms with Crippen molar-refractivity contribution >= 4 is 15.9 Å². The molecule has 1 saturated heterocycles. The molecule has 1 aliphatic heterocycles. The van der Waals surface area contributed by atoms with Crippen LogP contribution in [0.2, 0.25) is 0 Å². The first-order chi connectivity index (χ1) is 15.9. The van der Waals surface area contributed by atoms with Gasteiger partial charge in [0, 0.05) is 19.5 Å². The number of amides is 1. The average Bonchev–Trinajstić information content (AvgIpc) is 2.86. The Hall–Kier alpha value is -2.58. The third kappa shape index (κ3) is 6.26. The van der Waals surface area contributed by atoms with Crippen LogP contribution in [0.5, 0.6) is 11.5 Å². The summed E-state index contributed by atoms with van der Waals surface area (Å²) in [7, 11) is -0.376. The van der Waals surface area contributed by atoms with Gasteiger partial charge in [0.25, 0.3) is 0 Å². The van der Waals surface area contributed by atoms with Gasteiger partial charge in [-0.05, 0) is 67.1 Å². The van der Waals surface area contributed by atoms with E-state index in [4.69, 9.17) is 9.47 Å². The molecule has 3 rings (SSSR count). The number of nitrogens with one attached hydrogen (secondary N) is 1. The van der Waals surface area contributed by atoms with E-state index < -0.39 is 10.0 Å². The molecule has 2 aromatic carbocycles. The van der Waals surface area contributed by atoms with Gasteiger partial charge in [-0.3, -0.25) is 4.79 Å². The van der Waals surface area contributed by atoms with Crippen LogP contribution in [0.3, 0.4) is 0 Å². The van der Waals surface area contributed by atoms with Crippen molar-refractivity contribution < 1.29 is 22.7 Å². The van der Waals surface area contributed by atoms with Gasteiger partial charge in [0.15, 0.2) is 0 Å². The molecule has 180 valence electrons. The number of carbonyl (C=O) groups excluding carboxylic acids is 1. The maximum absolute atomic E-state index is 13.1. The Bertz CT molecular complexity index is 1030. The number of rotatable bonds is 10. The zero-order valence-corrected chi connectivity index (χ0v) is 20.5. The Morgan fingerprint density at radius 3 is 2.33 bits per heavy atom. The number of ether oxygens (including phenoxy) is 2. The highest BCUT2D eigenvalue weighted by Crippen LogP contribution is 2.27. The number of aryl methyl sites for hydroxylation is 1. The predicted octanol–water partition coefficient (Wildman–Crippen LogP) is 4.08. The Kier molecular flexibility index (Phi) is 8.74. The van der Waals surface area contributed by atoms with E-state index in [2.05, 4.69) is 5.32 Å². The van der Waals surface area contributed by atoms with Crippen molar-refractivity contribution in [2.24, 2.45) is 0 Å². The van der Waals surface area contributed by atoms with Crippen molar-refractivity contribution in [3.05, 3.63) is 53.6 Å². The number of hydrogen-bond donors (Lipinski definition) is 1. The average molecular weight is 475 g/mol. The number of sulfonamides is 1. The van der Waals surface area contributed by atoms with Crippen molar-refractivity contribution in [1.29, 1.82) is 0 Å². The number of hydrogen-bond acceptors (Lipinski definition) is 5. The smallest absolute Gasteiger partial charge is 0.243 e. The SMILES string of the molecule is CC[C@@H](NC(=O)CCc1cc(S(=O)(=O)N2CCCCC2)ccc1OC)c1ccc(OC)cc1. The minimum Gasteiger partial charge on any atom is -0.497 e. The van der Waals surface area contributed by atoms with E-state index in [1.807, 2.05) is 31.2 Å². The fraction of sp³-hybridized carbons (Fsp3) is 0.480. The minimum absolute atomic E-state index is 0.0935. The Labute approximate surface area is 197 Å². The minimum atomic E-state index is -3.55. The van der Waals surface area contributed by atoms with Crippen molar-refractivity contribution in [2.45, 2.75) is 56.4 Å². The number of piperidine rings is 1. The van der Waals surface area contributed by atoms with Crippen LogP contribution in [-0.4, -0.2) is 45.9 Å². The molecule has 0 bridgehead atoms. The molecular weight excluding hydrogens is 440 g/mol. The summed E-state index contributed by atoms with van der Waals surface area (Å²) in [5, 5.41) is 3.08. The lowest BCUT2D eigenvalue weighted by molar-refractivity contribution is -0.121. The van der Waals surface area contributed by atoms with Gasteiger partial charge < -0.3 is 14.8 Å². The quantitative estimate of drug-likeness (QED) is 0.561. The first-order valence-corrected chi connectivity index (χ1v) is 12.9. The summed E-state index contributed by atoms with van der Waals surface area (Å²) in [5.41, 5.74) is 1.72. The molecule has 0 unspecified atom stereocenters. The second-order valence-electron chi connectivity index (χ2n) is 8.24. The molecule has 0 aromatic heterocycles. The highest BCUT2D eigenvalue weighted by atomic mass is 32.2. The molecule has 7 nitrogen and oxygen atoms in total. The van der Waals surface area contributed by atoms with E-state index in [-0.39, 0.29) is 23.3 Å². The molecule has 2 aromatic rings. The fourth-order valence-corrected chi connectivity index (χ4v) is 5.71. The van der Waals surface area contributed by atoms with Gasteiger partial charge in [0.05, 0.1) is 25.2 Å². The van der Waals surface area contributed by atoms with E-state index in [1.165, 1.54) is 0 Å². The van der Waals surface area contributed by atoms with E-state index >= 15 is 0 Å². The number of methoxy groups -OCH3 is 2. The van der Waals surface area contributed by atoms with E-state index in [1.54, 1.807) is 36.7 Å². The standard InChI is InChI=1S/C25H34N2O5S/c1-4-23(19-8-11-21(31-2)12-9-19)26-25(28)15-10-20-18-22(13-14-24(20)32-3)33(29,30)27-16-6-5-7-17-27/h8-9,11-14,18,23H,4-7,10,15-17H2,1-3H3,(H,26,28)/t23-/m1/s1. The first kappa shape index (κ1) is 25.1. The summed E-state index contributed by atoms with van der Waals surface area (Å²) < 4.78 is 38.3. The highest BCUT2D eigenvalue weighted by Gasteiger charge is 2.26. The third-order valence-electron chi connectivity index (χ3n) is 6.09. The zero-order valence-electron chi connectivity index (χ0n) is 19.7. The van der Waals surface area contributed by atoms with Gasteiger partial charge in [-0.15, -0.1) is 0 Å².